The van der Waals surface area contributed by atoms with E-state index in [2.05, 4.69) is 14.7 Å². The van der Waals surface area contributed by atoms with Gasteiger partial charge in [0.25, 0.3) is 0 Å². The number of carboxylic acid groups (broad SMARTS) is 1. The number of hydrogen-bond donors (Lipinski definition) is 3. The Kier molecular flexibility index (Phi) is 5.59. The van der Waals surface area contributed by atoms with E-state index >= 15 is 0 Å². The van der Waals surface area contributed by atoms with Gasteiger partial charge in [-0.15, -0.1) is 4.28 Å². The molecule has 166 valence electrons. The van der Waals surface area contributed by atoms with E-state index < -0.39 is 40.6 Å². The second-order valence-corrected chi connectivity index (χ2v) is 7.74. The van der Waals surface area contributed by atoms with Crippen LogP contribution >= 0.6 is 0 Å². The summed E-state index contributed by atoms with van der Waals surface area (Å²) in [5, 5.41) is 18.7. The SMILES string of the molecule is CCN(C(=O)n1cc2c(n1)C(CNC(=O)O)N1CC2N(OS(=O)(=O)O)C1=O)N(C)C. The summed E-state index contributed by atoms with van der Waals surface area (Å²) < 4.78 is 36.9. The molecule has 30 heavy (non-hydrogen) atoms. The van der Waals surface area contributed by atoms with Crippen LogP contribution in [0.4, 0.5) is 14.4 Å². The normalized spacial score (nSPS) is 20.5. The molecule has 1 fully saturated rings. The minimum atomic E-state index is -5.00. The molecule has 2 atom stereocenters. The molecule has 1 aromatic heterocycles. The van der Waals surface area contributed by atoms with Crippen LogP contribution < -0.4 is 5.32 Å². The highest BCUT2D eigenvalue weighted by Gasteiger charge is 2.52. The van der Waals surface area contributed by atoms with Crippen LogP contribution in [-0.2, 0) is 14.7 Å². The maximum atomic E-state index is 12.8. The second kappa shape index (κ2) is 7.71. The quantitative estimate of drug-likeness (QED) is 0.380. The lowest BCUT2D eigenvalue weighted by molar-refractivity contribution is -0.0317. The number of carbonyl (C=O) groups excluding carboxylic acids is 2. The van der Waals surface area contributed by atoms with Crippen LogP contribution in [0.5, 0.6) is 0 Å². The number of fused-ring (bicyclic) bond motifs is 4. The Labute approximate surface area is 171 Å². The molecule has 1 saturated heterocycles. The molecule has 4 amide bonds. The third-order valence-corrected chi connectivity index (χ3v) is 5.08. The first-order chi connectivity index (χ1) is 13.9. The van der Waals surface area contributed by atoms with E-state index in [4.69, 9.17) is 9.66 Å². The minimum Gasteiger partial charge on any atom is -0.465 e. The van der Waals surface area contributed by atoms with E-state index in [0.29, 0.717) is 17.2 Å². The van der Waals surface area contributed by atoms with Crippen molar-refractivity contribution in [2.75, 3.05) is 33.7 Å². The van der Waals surface area contributed by atoms with Crippen LogP contribution in [0.1, 0.15) is 30.3 Å². The first-order valence-electron chi connectivity index (χ1n) is 8.76. The average Bonchev–Trinajstić information content (AvgIpc) is 3.17. The van der Waals surface area contributed by atoms with Crippen molar-refractivity contribution in [3.8, 4) is 0 Å². The van der Waals surface area contributed by atoms with Gasteiger partial charge in [0, 0.05) is 38.9 Å². The first-order valence-corrected chi connectivity index (χ1v) is 10.1. The highest BCUT2D eigenvalue weighted by molar-refractivity contribution is 7.80. The molecule has 1 aromatic rings. The van der Waals surface area contributed by atoms with Crippen molar-refractivity contribution in [1.29, 1.82) is 0 Å². The molecule has 2 aliphatic heterocycles. The predicted molar refractivity (Wildman–Crippen MR) is 97.2 cm³/mol. The van der Waals surface area contributed by atoms with Crippen molar-refractivity contribution in [3.63, 3.8) is 0 Å². The molecule has 0 aliphatic carbocycles. The van der Waals surface area contributed by atoms with Crippen molar-refractivity contribution in [1.82, 2.24) is 35.1 Å². The lowest BCUT2D eigenvalue weighted by atomic mass is 9.98. The number of amides is 4. The van der Waals surface area contributed by atoms with Crippen molar-refractivity contribution in [2.24, 2.45) is 0 Å². The minimum absolute atomic E-state index is 0.0572. The number of rotatable bonds is 6. The Morgan fingerprint density at radius 3 is 2.60 bits per heavy atom. The largest absolute Gasteiger partial charge is 0.465 e. The van der Waals surface area contributed by atoms with Crippen LogP contribution in [0, 0.1) is 0 Å². The maximum Gasteiger partial charge on any atom is 0.418 e. The Balaban J connectivity index is 2.04. The Morgan fingerprint density at radius 1 is 1.40 bits per heavy atom. The van der Waals surface area contributed by atoms with Crippen LogP contribution in [-0.4, -0.2) is 99.7 Å². The van der Waals surface area contributed by atoms with E-state index in [1.807, 2.05) is 0 Å². The number of hydrazine groups is 1. The van der Waals surface area contributed by atoms with E-state index in [0.717, 1.165) is 9.58 Å². The molecule has 3 rings (SSSR count). The van der Waals surface area contributed by atoms with E-state index in [1.165, 1.54) is 11.2 Å². The molecule has 2 unspecified atom stereocenters. The molecule has 2 aliphatic rings. The van der Waals surface area contributed by atoms with Gasteiger partial charge in [-0.2, -0.15) is 23.3 Å². The zero-order valence-corrected chi connectivity index (χ0v) is 17.1. The predicted octanol–water partition coefficient (Wildman–Crippen LogP) is -0.515. The molecule has 0 radical (unpaired) electrons. The van der Waals surface area contributed by atoms with Gasteiger partial charge in [-0.3, -0.25) is 9.56 Å². The van der Waals surface area contributed by atoms with Gasteiger partial charge in [-0.25, -0.2) is 19.4 Å². The molecular formula is C14H21N7O8S. The number of nitrogens with zero attached hydrogens (tertiary/aromatic N) is 6. The van der Waals surface area contributed by atoms with Crippen molar-refractivity contribution >= 4 is 28.6 Å². The van der Waals surface area contributed by atoms with E-state index in [9.17, 15) is 22.8 Å². The van der Waals surface area contributed by atoms with Crippen LogP contribution in [0.15, 0.2) is 6.20 Å². The molecule has 2 bridgehead atoms. The summed E-state index contributed by atoms with van der Waals surface area (Å²) in [6.45, 7) is 1.79. The number of aromatic nitrogens is 2. The van der Waals surface area contributed by atoms with E-state index in [-0.39, 0.29) is 18.8 Å². The van der Waals surface area contributed by atoms with Gasteiger partial charge in [0.1, 0.15) is 6.04 Å². The van der Waals surface area contributed by atoms with Crippen LogP contribution in [0.3, 0.4) is 0 Å². The average molecular weight is 447 g/mol. The zero-order chi connectivity index (χ0) is 22.4. The fourth-order valence-electron chi connectivity index (χ4n) is 3.53. The molecule has 0 saturated carbocycles. The third kappa shape index (κ3) is 3.89. The standard InChI is InChI=1S/C14H21N7O8S/c1-4-20(17(2)3)14(25)19-6-8-10-7-18(13(24)21(10)29-30(26,27)28)9(11(8)16-19)5-15-12(22)23/h6,9-10,15H,4-5,7H2,1-3H3,(H,22,23)(H,26,27,28). The second-order valence-electron chi connectivity index (χ2n) is 6.74. The van der Waals surface area contributed by atoms with Gasteiger partial charge >= 0.3 is 28.6 Å². The topological polar surface area (TPSA) is 178 Å². The number of carbonyl (C=O) groups is 3. The summed E-state index contributed by atoms with van der Waals surface area (Å²) in [5.74, 6) is 0. The summed E-state index contributed by atoms with van der Waals surface area (Å²) in [6, 6.07) is -3.31. The number of urea groups is 1. The Bertz CT molecular complexity index is 977. The smallest absolute Gasteiger partial charge is 0.418 e. The van der Waals surface area contributed by atoms with Crippen molar-refractivity contribution in [2.45, 2.75) is 19.0 Å². The summed E-state index contributed by atoms with van der Waals surface area (Å²) >= 11 is 0. The first kappa shape index (κ1) is 21.8. The van der Waals surface area contributed by atoms with Crippen molar-refractivity contribution in [3.05, 3.63) is 17.5 Å². The highest BCUT2D eigenvalue weighted by Crippen LogP contribution is 2.43. The van der Waals surface area contributed by atoms with Gasteiger partial charge in [-0.1, -0.05) is 0 Å². The zero-order valence-electron chi connectivity index (χ0n) is 16.3. The van der Waals surface area contributed by atoms with Crippen molar-refractivity contribution < 1.29 is 36.7 Å². The molecule has 3 heterocycles. The lowest BCUT2D eigenvalue weighted by Crippen LogP contribution is -2.44. The number of hydroxylamine groups is 2. The molecule has 0 spiro atoms. The van der Waals surface area contributed by atoms with Gasteiger partial charge in [0.15, 0.2) is 0 Å². The summed E-state index contributed by atoms with van der Waals surface area (Å²) in [5.41, 5.74) is 0.499. The van der Waals surface area contributed by atoms with Crippen LogP contribution in [0.25, 0.3) is 0 Å². The van der Waals surface area contributed by atoms with Gasteiger partial charge in [-0.05, 0) is 6.92 Å². The summed E-state index contributed by atoms with van der Waals surface area (Å²) in [7, 11) is -1.67. The molecule has 0 aromatic carbocycles. The van der Waals surface area contributed by atoms with Crippen LogP contribution in [0.2, 0.25) is 0 Å². The number of hydrogen-bond acceptors (Lipinski definition) is 8. The monoisotopic (exact) mass is 447 g/mol. The van der Waals surface area contributed by atoms with Gasteiger partial charge in [0.2, 0.25) is 0 Å². The summed E-state index contributed by atoms with van der Waals surface area (Å²) in [4.78, 5) is 37.5. The molecule has 16 heteroatoms. The Morgan fingerprint density at radius 2 is 2.07 bits per heavy atom. The Hall–Kier alpha value is -2.95. The summed E-state index contributed by atoms with van der Waals surface area (Å²) in [6.07, 6.45) is -0.00455. The molecule has 15 nitrogen and oxygen atoms in total. The highest BCUT2D eigenvalue weighted by atomic mass is 32.3. The fourth-order valence-corrected chi connectivity index (χ4v) is 3.90. The van der Waals surface area contributed by atoms with Gasteiger partial charge in [0.05, 0.1) is 18.3 Å². The maximum absolute atomic E-state index is 12.8. The fraction of sp³-hybridized carbons (Fsp3) is 0.571. The van der Waals surface area contributed by atoms with E-state index in [1.54, 1.807) is 26.0 Å². The number of nitrogens with one attached hydrogen (secondary N) is 1. The molecular weight excluding hydrogens is 426 g/mol. The lowest BCUT2D eigenvalue weighted by Gasteiger charge is -2.29. The molecule has 3 N–H and O–H groups in total. The van der Waals surface area contributed by atoms with Gasteiger partial charge < -0.3 is 15.3 Å². The third-order valence-electron chi connectivity index (χ3n) is 4.73.